The molecule has 1 aliphatic heterocycles. The van der Waals surface area contributed by atoms with E-state index in [9.17, 15) is 4.79 Å². The topological polar surface area (TPSA) is 49.3 Å². The Labute approximate surface area is 112 Å². The van der Waals surface area contributed by atoms with E-state index < -0.39 is 5.97 Å². The summed E-state index contributed by atoms with van der Waals surface area (Å²) in [7, 11) is 0. The fraction of sp³-hybridized carbons (Fsp3) is 0.500. The number of halogens is 2. The monoisotopic (exact) mass is 325 g/mol. The number of hydrogen-bond donors (Lipinski definition) is 2. The van der Waals surface area contributed by atoms with Crippen molar-refractivity contribution in [2.75, 3.05) is 6.54 Å². The Morgan fingerprint density at radius 1 is 1.69 bits per heavy atom. The van der Waals surface area contributed by atoms with Crippen LogP contribution in [0.15, 0.2) is 12.1 Å². The quantitative estimate of drug-likeness (QED) is 0.821. The largest absolute Gasteiger partial charge is 0.480 e. The first-order chi connectivity index (χ1) is 7.63. The highest BCUT2D eigenvalue weighted by atomic mass is 79.9. The molecule has 1 atom stereocenters. The molecule has 0 amide bonds. The number of carboxylic acid groups (broad SMARTS) is 1. The maximum absolute atomic E-state index is 10.1. The molecule has 2 N–H and O–H groups in total. The minimum Gasteiger partial charge on any atom is -0.480 e. The van der Waals surface area contributed by atoms with Gasteiger partial charge >= 0.3 is 5.97 Å². The van der Waals surface area contributed by atoms with E-state index >= 15 is 0 Å². The number of alkyl halides is 1. The SMILES string of the molecule is Clc1ccc(CBr)s1.O=C(O)C1CCCN1. The van der Waals surface area contributed by atoms with Crippen molar-refractivity contribution in [2.45, 2.75) is 24.2 Å². The van der Waals surface area contributed by atoms with Crippen molar-refractivity contribution in [3.8, 4) is 0 Å². The third-order valence-electron chi connectivity index (χ3n) is 2.12. The van der Waals surface area contributed by atoms with Gasteiger partial charge in [-0.15, -0.1) is 11.3 Å². The molecule has 0 radical (unpaired) electrons. The van der Waals surface area contributed by atoms with Gasteiger partial charge in [0.05, 0.1) is 4.34 Å². The molecule has 1 aromatic heterocycles. The van der Waals surface area contributed by atoms with Crippen LogP contribution in [-0.2, 0) is 10.1 Å². The molecule has 2 heterocycles. The molecule has 1 aromatic rings. The summed E-state index contributed by atoms with van der Waals surface area (Å²) in [5, 5.41) is 12.1. The second-order valence-electron chi connectivity index (χ2n) is 3.33. The lowest BCUT2D eigenvalue weighted by atomic mass is 10.2. The number of carbonyl (C=O) groups is 1. The van der Waals surface area contributed by atoms with Gasteiger partial charge in [0.25, 0.3) is 0 Å². The normalized spacial score (nSPS) is 19.0. The molecule has 16 heavy (non-hydrogen) atoms. The van der Waals surface area contributed by atoms with E-state index in [1.165, 1.54) is 4.88 Å². The van der Waals surface area contributed by atoms with Crippen LogP contribution in [0.3, 0.4) is 0 Å². The van der Waals surface area contributed by atoms with Crippen LogP contribution in [0.4, 0.5) is 0 Å². The van der Waals surface area contributed by atoms with Crippen molar-refractivity contribution in [1.29, 1.82) is 0 Å². The highest BCUT2D eigenvalue weighted by molar-refractivity contribution is 9.08. The zero-order valence-electron chi connectivity index (χ0n) is 8.58. The van der Waals surface area contributed by atoms with Gasteiger partial charge in [-0.1, -0.05) is 27.5 Å². The van der Waals surface area contributed by atoms with Crippen molar-refractivity contribution in [3.63, 3.8) is 0 Å². The molecule has 0 saturated carbocycles. The molecule has 0 aliphatic carbocycles. The molecule has 0 spiro atoms. The van der Waals surface area contributed by atoms with Crippen molar-refractivity contribution in [2.24, 2.45) is 0 Å². The summed E-state index contributed by atoms with van der Waals surface area (Å²) in [6.45, 7) is 0.858. The first-order valence-corrected chi connectivity index (χ1v) is 7.21. The van der Waals surface area contributed by atoms with Crippen LogP contribution < -0.4 is 5.32 Å². The van der Waals surface area contributed by atoms with Crippen LogP contribution in [0.5, 0.6) is 0 Å². The van der Waals surface area contributed by atoms with Gasteiger partial charge in [-0.25, -0.2) is 0 Å². The molecule has 6 heteroatoms. The van der Waals surface area contributed by atoms with Gasteiger partial charge in [0.2, 0.25) is 0 Å². The van der Waals surface area contributed by atoms with E-state index in [4.69, 9.17) is 16.7 Å². The summed E-state index contributed by atoms with van der Waals surface area (Å²) in [4.78, 5) is 11.4. The van der Waals surface area contributed by atoms with Gasteiger partial charge < -0.3 is 10.4 Å². The van der Waals surface area contributed by atoms with E-state index in [0.717, 1.165) is 29.1 Å². The van der Waals surface area contributed by atoms with E-state index in [2.05, 4.69) is 21.2 Å². The van der Waals surface area contributed by atoms with Crippen LogP contribution in [0.1, 0.15) is 17.7 Å². The molecule has 1 unspecified atom stereocenters. The van der Waals surface area contributed by atoms with Gasteiger partial charge in [-0.3, -0.25) is 4.79 Å². The Morgan fingerprint density at radius 2 is 2.44 bits per heavy atom. The van der Waals surface area contributed by atoms with Gasteiger partial charge in [0, 0.05) is 10.2 Å². The number of aliphatic carboxylic acids is 1. The van der Waals surface area contributed by atoms with Crippen LogP contribution in [-0.4, -0.2) is 23.7 Å². The second-order valence-corrected chi connectivity index (χ2v) is 5.69. The minimum atomic E-state index is -0.720. The summed E-state index contributed by atoms with van der Waals surface area (Å²) in [6, 6.07) is 3.65. The van der Waals surface area contributed by atoms with Crippen molar-refractivity contribution >= 4 is 44.8 Å². The summed E-state index contributed by atoms with van der Waals surface area (Å²) < 4.78 is 0.861. The molecular weight excluding hydrogens is 314 g/mol. The Hall–Kier alpha value is -0.100. The number of rotatable bonds is 2. The second kappa shape index (κ2) is 7.27. The molecular formula is C10H13BrClNO2S. The van der Waals surface area contributed by atoms with E-state index in [1.807, 2.05) is 12.1 Å². The molecule has 2 rings (SSSR count). The number of hydrogen-bond acceptors (Lipinski definition) is 3. The Bertz CT molecular complexity index is 339. The smallest absolute Gasteiger partial charge is 0.320 e. The summed E-state index contributed by atoms with van der Waals surface area (Å²) in [6.07, 6.45) is 1.78. The average molecular weight is 327 g/mol. The third kappa shape index (κ3) is 4.82. The average Bonchev–Trinajstić information content (AvgIpc) is 2.88. The predicted octanol–water partition coefficient (Wildman–Crippen LogP) is 3.12. The first-order valence-electron chi connectivity index (χ1n) is 4.90. The van der Waals surface area contributed by atoms with E-state index in [0.29, 0.717) is 0 Å². The van der Waals surface area contributed by atoms with E-state index in [-0.39, 0.29) is 6.04 Å². The van der Waals surface area contributed by atoms with Gasteiger partial charge in [-0.2, -0.15) is 0 Å². The molecule has 3 nitrogen and oxygen atoms in total. The maximum atomic E-state index is 10.1. The lowest BCUT2D eigenvalue weighted by Gasteiger charge is -1.99. The van der Waals surface area contributed by atoms with Crippen molar-refractivity contribution in [3.05, 3.63) is 21.3 Å². The first kappa shape index (κ1) is 14.0. The lowest BCUT2D eigenvalue weighted by Crippen LogP contribution is -2.29. The van der Waals surface area contributed by atoms with Gasteiger partial charge in [0.1, 0.15) is 6.04 Å². The molecule has 1 saturated heterocycles. The fourth-order valence-electron chi connectivity index (χ4n) is 1.32. The number of carboxylic acids is 1. The number of thiophene rings is 1. The van der Waals surface area contributed by atoms with E-state index in [1.54, 1.807) is 11.3 Å². The predicted molar refractivity (Wildman–Crippen MR) is 70.6 cm³/mol. The van der Waals surface area contributed by atoms with Crippen LogP contribution in [0.2, 0.25) is 4.34 Å². The summed E-state index contributed by atoms with van der Waals surface area (Å²) in [5.41, 5.74) is 0. The zero-order chi connectivity index (χ0) is 12.0. The van der Waals surface area contributed by atoms with Crippen LogP contribution >= 0.6 is 38.9 Å². The maximum Gasteiger partial charge on any atom is 0.320 e. The fourth-order valence-corrected chi connectivity index (χ4v) is 2.79. The highest BCUT2D eigenvalue weighted by Crippen LogP contribution is 2.22. The Morgan fingerprint density at radius 3 is 2.69 bits per heavy atom. The Balaban J connectivity index is 0.000000160. The van der Waals surface area contributed by atoms with Crippen molar-refractivity contribution in [1.82, 2.24) is 5.32 Å². The zero-order valence-corrected chi connectivity index (χ0v) is 11.7. The third-order valence-corrected chi connectivity index (χ3v) is 4.33. The standard InChI is InChI=1S/C5H4BrClS.C5H9NO2/c6-3-4-1-2-5(7)8-4;7-5(8)4-2-1-3-6-4/h1-2H,3H2;4,6H,1-3H2,(H,7,8). The Kier molecular flexibility index (Phi) is 6.34. The summed E-state index contributed by atoms with van der Waals surface area (Å²) >= 11 is 10.6. The number of nitrogens with one attached hydrogen (secondary N) is 1. The summed E-state index contributed by atoms with van der Waals surface area (Å²) in [5.74, 6) is -0.720. The molecule has 0 aromatic carbocycles. The highest BCUT2D eigenvalue weighted by Gasteiger charge is 2.20. The van der Waals surface area contributed by atoms with Crippen LogP contribution in [0, 0.1) is 0 Å². The van der Waals surface area contributed by atoms with Gasteiger partial charge in [-0.05, 0) is 31.5 Å². The molecule has 1 aliphatic rings. The lowest BCUT2D eigenvalue weighted by molar-refractivity contribution is -0.139. The van der Waals surface area contributed by atoms with Crippen LogP contribution in [0.25, 0.3) is 0 Å². The van der Waals surface area contributed by atoms with Crippen molar-refractivity contribution < 1.29 is 9.90 Å². The molecule has 1 fully saturated rings. The molecule has 0 bridgehead atoms. The minimum absolute atomic E-state index is 0.269. The van der Waals surface area contributed by atoms with Gasteiger partial charge in [0.15, 0.2) is 0 Å². The molecule has 90 valence electrons.